The van der Waals surface area contributed by atoms with E-state index in [4.69, 9.17) is 4.74 Å². The number of carbonyl (C=O) groups excluding carboxylic acids is 3. The monoisotopic (exact) mass is 398 g/mol. The molecular formula is C18H26N2O4S2. The Labute approximate surface area is 162 Å². The molecule has 2 N–H and O–H groups in total. The van der Waals surface area contributed by atoms with Crippen LogP contribution >= 0.6 is 23.5 Å². The quantitative estimate of drug-likeness (QED) is 0.708. The van der Waals surface area contributed by atoms with Crippen LogP contribution in [0.2, 0.25) is 0 Å². The van der Waals surface area contributed by atoms with Gasteiger partial charge >= 0.3 is 12.0 Å². The van der Waals surface area contributed by atoms with E-state index in [1.165, 1.54) is 30.8 Å². The summed E-state index contributed by atoms with van der Waals surface area (Å²) in [6, 6.07) is -0.316. The van der Waals surface area contributed by atoms with Gasteiger partial charge in [-0.2, -0.15) is 0 Å². The molecule has 1 spiro atoms. The Morgan fingerprint density at radius 1 is 1.00 bits per heavy atom. The predicted octanol–water partition coefficient (Wildman–Crippen LogP) is 2.52. The molecule has 1 heterocycles. The Bertz CT molecular complexity index is 574. The fraction of sp³-hybridized carbons (Fsp3) is 0.833. The van der Waals surface area contributed by atoms with E-state index in [9.17, 15) is 14.4 Å². The molecule has 1 saturated heterocycles. The van der Waals surface area contributed by atoms with Crippen molar-refractivity contribution in [3.63, 3.8) is 0 Å². The molecule has 2 bridgehead atoms. The number of hydrogen-bond donors (Lipinski definition) is 2. The standard InChI is InChI=1S/C18H26N2O4S2/c21-15(20-17(23)19-14-4-5-14)10-24-16(22)11-8-12-2-1-3-13(9-11)18(12)25-6-7-26-18/h11-14H,1-10H2,(H2,19,20,21,23)/t11?,12-,13+. The van der Waals surface area contributed by atoms with Crippen LogP contribution in [0.15, 0.2) is 0 Å². The molecule has 6 nitrogen and oxygen atoms in total. The van der Waals surface area contributed by atoms with Crippen molar-refractivity contribution >= 4 is 41.4 Å². The number of carbonyl (C=O) groups is 3. The van der Waals surface area contributed by atoms with Crippen LogP contribution in [0.3, 0.4) is 0 Å². The minimum Gasteiger partial charge on any atom is -0.455 e. The first kappa shape index (κ1) is 18.5. The van der Waals surface area contributed by atoms with Gasteiger partial charge in [0.05, 0.1) is 10.00 Å². The van der Waals surface area contributed by atoms with Crippen LogP contribution < -0.4 is 10.6 Å². The van der Waals surface area contributed by atoms with Crippen molar-refractivity contribution in [3.05, 3.63) is 0 Å². The van der Waals surface area contributed by atoms with Crippen LogP contribution in [0.1, 0.15) is 44.9 Å². The lowest BCUT2D eigenvalue weighted by Crippen LogP contribution is -2.48. The fourth-order valence-electron chi connectivity index (χ4n) is 4.67. The lowest BCUT2D eigenvalue weighted by atomic mass is 9.67. The summed E-state index contributed by atoms with van der Waals surface area (Å²) in [6.07, 6.45) is 7.32. The van der Waals surface area contributed by atoms with E-state index in [2.05, 4.69) is 34.2 Å². The first-order valence-electron chi connectivity index (χ1n) is 9.62. The highest BCUT2D eigenvalue weighted by Gasteiger charge is 2.55. The summed E-state index contributed by atoms with van der Waals surface area (Å²) in [6.45, 7) is -0.378. The highest BCUT2D eigenvalue weighted by molar-refractivity contribution is 8.21. The molecule has 1 aliphatic heterocycles. The number of amides is 3. The van der Waals surface area contributed by atoms with E-state index in [0.29, 0.717) is 15.9 Å². The number of ether oxygens (including phenoxy) is 1. The molecule has 0 aromatic heterocycles. The van der Waals surface area contributed by atoms with E-state index >= 15 is 0 Å². The topological polar surface area (TPSA) is 84.5 Å². The molecule has 8 heteroatoms. The molecular weight excluding hydrogens is 372 g/mol. The SMILES string of the molecule is O=C(COC(=O)C1C[C@H]2CCC[C@@H](C1)C21SCCS1)NC(=O)NC1CC1. The maximum absolute atomic E-state index is 12.5. The van der Waals surface area contributed by atoms with Crippen molar-refractivity contribution in [2.75, 3.05) is 18.1 Å². The summed E-state index contributed by atoms with van der Waals surface area (Å²) in [5, 5.41) is 4.89. The third kappa shape index (κ3) is 3.86. The van der Waals surface area contributed by atoms with Gasteiger partial charge in [-0.05, 0) is 50.4 Å². The van der Waals surface area contributed by atoms with Gasteiger partial charge in [-0.1, -0.05) is 6.42 Å². The number of imide groups is 1. The Kier molecular flexibility index (Phi) is 5.41. The molecule has 4 rings (SSSR count). The second-order valence-electron chi connectivity index (χ2n) is 7.82. The summed E-state index contributed by atoms with van der Waals surface area (Å²) >= 11 is 4.22. The lowest BCUT2D eigenvalue weighted by molar-refractivity contribution is -0.155. The highest BCUT2D eigenvalue weighted by Crippen LogP contribution is 2.64. The molecule has 144 valence electrons. The Morgan fingerprint density at radius 3 is 2.27 bits per heavy atom. The molecule has 3 atom stereocenters. The number of nitrogens with one attached hydrogen (secondary N) is 2. The van der Waals surface area contributed by atoms with Gasteiger partial charge in [-0.25, -0.2) is 4.79 Å². The molecule has 3 saturated carbocycles. The zero-order chi connectivity index (χ0) is 18.1. The number of hydrogen-bond acceptors (Lipinski definition) is 6. The second-order valence-corrected chi connectivity index (χ2v) is 10.8. The Hall–Kier alpha value is -0.890. The van der Waals surface area contributed by atoms with Gasteiger partial charge < -0.3 is 10.1 Å². The molecule has 3 amide bonds. The maximum Gasteiger partial charge on any atom is 0.321 e. The minimum atomic E-state index is -0.564. The predicted molar refractivity (Wildman–Crippen MR) is 102 cm³/mol. The second kappa shape index (κ2) is 7.62. The average Bonchev–Trinajstić information content (AvgIpc) is 3.27. The summed E-state index contributed by atoms with van der Waals surface area (Å²) < 4.78 is 5.56. The van der Waals surface area contributed by atoms with Crippen molar-refractivity contribution in [1.29, 1.82) is 0 Å². The Morgan fingerprint density at radius 2 is 1.65 bits per heavy atom. The molecule has 0 radical (unpaired) electrons. The van der Waals surface area contributed by atoms with Crippen LogP contribution in [0.25, 0.3) is 0 Å². The van der Waals surface area contributed by atoms with Crippen LogP contribution in [0.5, 0.6) is 0 Å². The van der Waals surface area contributed by atoms with E-state index in [-0.39, 0.29) is 24.5 Å². The third-order valence-corrected chi connectivity index (χ3v) is 9.98. The zero-order valence-electron chi connectivity index (χ0n) is 14.8. The van der Waals surface area contributed by atoms with Crippen molar-refractivity contribution in [3.8, 4) is 0 Å². The lowest BCUT2D eigenvalue weighted by Gasteiger charge is -2.51. The summed E-state index contributed by atoms with van der Waals surface area (Å²) in [7, 11) is 0. The Balaban J connectivity index is 1.26. The van der Waals surface area contributed by atoms with Crippen molar-refractivity contribution < 1.29 is 19.1 Å². The van der Waals surface area contributed by atoms with Gasteiger partial charge in [0, 0.05) is 17.5 Å². The number of urea groups is 1. The van der Waals surface area contributed by atoms with Crippen molar-refractivity contribution in [1.82, 2.24) is 10.6 Å². The summed E-state index contributed by atoms with van der Waals surface area (Å²) in [5.74, 6) is 2.64. The average molecular weight is 399 g/mol. The van der Waals surface area contributed by atoms with Gasteiger partial charge in [0.2, 0.25) is 0 Å². The summed E-state index contributed by atoms with van der Waals surface area (Å²) in [5.41, 5.74) is 0. The van der Waals surface area contributed by atoms with E-state index in [0.717, 1.165) is 25.7 Å². The highest BCUT2D eigenvalue weighted by atomic mass is 32.2. The molecule has 0 aromatic carbocycles. The maximum atomic E-state index is 12.5. The van der Waals surface area contributed by atoms with E-state index in [1.807, 2.05) is 0 Å². The molecule has 4 fully saturated rings. The van der Waals surface area contributed by atoms with Crippen molar-refractivity contribution in [2.45, 2.75) is 55.1 Å². The van der Waals surface area contributed by atoms with Gasteiger partial charge in [-0.3, -0.25) is 14.9 Å². The third-order valence-electron chi connectivity index (χ3n) is 5.96. The molecule has 26 heavy (non-hydrogen) atoms. The van der Waals surface area contributed by atoms with Crippen LogP contribution in [0, 0.1) is 17.8 Å². The molecule has 0 aromatic rings. The van der Waals surface area contributed by atoms with Gasteiger partial charge in [0.15, 0.2) is 6.61 Å². The largest absolute Gasteiger partial charge is 0.455 e. The fourth-order valence-corrected chi connectivity index (χ4v) is 8.61. The van der Waals surface area contributed by atoms with Crippen LogP contribution in [-0.2, 0) is 14.3 Å². The first-order valence-corrected chi connectivity index (χ1v) is 11.6. The van der Waals surface area contributed by atoms with Gasteiger partial charge in [0.1, 0.15) is 0 Å². The first-order chi connectivity index (χ1) is 12.6. The molecule has 3 aliphatic carbocycles. The van der Waals surface area contributed by atoms with Crippen molar-refractivity contribution in [2.24, 2.45) is 17.8 Å². The minimum absolute atomic E-state index is 0.106. The smallest absolute Gasteiger partial charge is 0.321 e. The molecule has 4 aliphatic rings. The number of rotatable bonds is 4. The van der Waals surface area contributed by atoms with E-state index < -0.39 is 11.9 Å². The van der Waals surface area contributed by atoms with Gasteiger partial charge in [0.25, 0.3) is 5.91 Å². The van der Waals surface area contributed by atoms with Gasteiger partial charge in [-0.15, -0.1) is 23.5 Å². The molecule has 1 unspecified atom stereocenters. The van der Waals surface area contributed by atoms with Crippen LogP contribution in [-0.4, -0.2) is 46.1 Å². The number of esters is 1. The van der Waals surface area contributed by atoms with Crippen LogP contribution in [0.4, 0.5) is 4.79 Å². The number of thioether (sulfide) groups is 2. The zero-order valence-corrected chi connectivity index (χ0v) is 16.5. The van der Waals surface area contributed by atoms with E-state index in [1.54, 1.807) is 0 Å². The summed E-state index contributed by atoms with van der Waals surface area (Å²) in [4.78, 5) is 35.8. The normalized spacial score (nSPS) is 32.1.